The second-order valence-corrected chi connectivity index (χ2v) is 4.35. The molecule has 0 spiro atoms. The molecule has 0 aromatic carbocycles. The van der Waals surface area contributed by atoms with Gasteiger partial charge in [0.2, 0.25) is 0 Å². The zero-order valence-electron chi connectivity index (χ0n) is 11.5. The predicted octanol–water partition coefficient (Wildman–Crippen LogP) is 2.52. The molecule has 0 aliphatic carbocycles. The van der Waals surface area contributed by atoms with Gasteiger partial charge < -0.3 is 15.2 Å². The molecule has 0 fully saturated rings. The number of aryl methyl sites for hydroxylation is 1. The minimum absolute atomic E-state index is 0.560. The first-order valence-electron chi connectivity index (χ1n) is 6.43. The van der Waals surface area contributed by atoms with Crippen molar-refractivity contribution >= 4 is 11.6 Å². The highest BCUT2D eigenvalue weighted by Crippen LogP contribution is 2.20. The highest BCUT2D eigenvalue weighted by molar-refractivity contribution is 5.57. The predicted molar refractivity (Wildman–Crippen MR) is 74.1 cm³/mol. The summed E-state index contributed by atoms with van der Waals surface area (Å²) in [7, 11) is 0. The molecule has 0 amide bonds. The lowest BCUT2D eigenvalue weighted by atomic mass is 10.3. The van der Waals surface area contributed by atoms with Gasteiger partial charge in [-0.2, -0.15) is 0 Å². The first kappa shape index (κ1) is 13.3. The third kappa shape index (κ3) is 3.43. The highest BCUT2D eigenvalue weighted by atomic mass is 16.5. The maximum absolute atomic E-state index is 5.05. The van der Waals surface area contributed by atoms with Gasteiger partial charge in [-0.3, -0.25) is 0 Å². The van der Waals surface area contributed by atoms with Gasteiger partial charge in [-0.25, -0.2) is 9.97 Å². The number of aromatic nitrogens is 3. The Balaban J connectivity index is 2.12. The van der Waals surface area contributed by atoms with Crippen molar-refractivity contribution in [2.24, 2.45) is 0 Å². The standard InChI is InChI=1S/C13H19N5O/c1-4-6-14-12-9(2)13(18-10(3)17-12)15-8-11-5-7-16-19-11/h5,7H,4,6,8H2,1-3H3,(H2,14,15,17,18). The molecule has 6 heteroatoms. The largest absolute Gasteiger partial charge is 0.370 e. The molecule has 0 radical (unpaired) electrons. The first-order valence-corrected chi connectivity index (χ1v) is 6.43. The average molecular weight is 261 g/mol. The van der Waals surface area contributed by atoms with E-state index >= 15 is 0 Å². The Bertz CT molecular complexity index is 524. The van der Waals surface area contributed by atoms with Crippen LogP contribution >= 0.6 is 0 Å². The second-order valence-electron chi connectivity index (χ2n) is 4.35. The van der Waals surface area contributed by atoms with Crippen molar-refractivity contribution < 1.29 is 4.52 Å². The van der Waals surface area contributed by atoms with E-state index in [1.54, 1.807) is 6.20 Å². The van der Waals surface area contributed by atoms with E-state index in [4.69, 9.17) is 4.52 Å². The summed E-state index contributed by atoms with van der Waals surface area (Å²) in [4.78, 5) is 8.83. The maximum Gasteiger partial charge on any atom is 0.155 e. The molecule has 0 unspecified atom stereocenters. The van der Waals surface area contributed by atoms with Gasteiger partial charge in [0, 0.05) is 18.2 Å². The third-order valence-electron chi connectivity index (χ3n) is 2.72. The molecule has 2 heterocycles. The molecule has 0 aliphatic rings. The summed E-state index contributed by atoms with van der Waals surface area (Å²) in [5, 5.41) is 10.2. The minimum Gasteiger partial charge on any atom is -0.370 e. The maximum atomic E-state index is 5.05. The van der Waals surface area contributed by atoms with Gasteiger partial charge in [0.05, 0.1) is 12.7 Å². The Kier molecular flexibility index (Phi) is 4.33. The van der Waals surface area contributed by atoms with Crippen LogP contribution in [0, 0.1) is 13.8 Å². The summed E-state index contributed by atoms with van der Waals surface area (Å²) < 4.78 is 5.05. The Hall–Kier alpha value is -2.11. The highest BCUT2D eigenvalue weighted by Gasteiger charge is 2.09. The van der Waals surface area contributed by atoms with Crippen molar-refractivity contribution in [3.8, 4) is 0 Å². The normalized spacial score (nSPS) is 10.5. The van der Waals surface area contributed by atoms with E-state index in [0.717, 1.165) is 41.7 Å². The van der Waals surface area contributed by atoms with Crippen molar-refractivity contribution in [2.45, 2.75) is 33.7 Å². The second kappa shape index (κ2) is 6.17. The summed E-state index contributed by atoms with van der Waals surface area (Å²) in [6.07, 6.45) is 2.69. The number of anilines is 2. The number of hydrogen-bond donors (Lipinski definition) is 2. The molecular formula is C13H19N5O. The smallest absolute Gasteiger partial charge is 0.155 e. The van der Waals surface area contributed by atoms with Crippen molar-refractivity contribution in [3.63, 3.8) is 0 Å². The third-order valence-corrected chi connectivity index (χ3v) is 2.72. The molecule has 19 heavy (non-hydrogen) atoms. The van der Waals surface area contributed by atoms with Crippen LogP contribution in [0.1, 0.15) is 30.5 Å². The van der Waals surface area contributed by atoms with E-state index in [2.05, 4.69) is 32.7 Å². The van der Waals surface area contributed by atoms with Crippen molar-refractivity contribution in [3.05, 3.63) is 29.4 Å². The van der Waals surface area contributed by atoms with Crippen LogP contribution in [0.3, 0.4) is 0 Å². The molecule has 2 aromatic rings. The quantitative estimate of drug-likeness (QED) is 0.832. The molecular weight excluding hydrogens is 242 g/mol. The molecule has 6 nitrogen and oxygen atoms in total. The van der Waals surface area contributed by atoms with Gasteiger partial charge in [0.1, 0.15) is 17.5 Å². The van der Waals surface area contributed by atoms with Gasteiger partial charge in [-0.1, -0.05) is 12.1 Å². The van der Waals surface area contributed by atoms with E-state index in [-0.39, 0.29) is 0 Å². The number of rotatable bonds is 6. The molecule has 0 saturated heterocycles. The van der Waals surface area contributed by atoms with E-state index in [9.17, 15) is 0 Å². The van der Waals surface area contributed by atoms with Crippen LogP contribution in [0.5, 0.6) is 0 Å². The summed E-state index contributed by atoms with van der Waals surface area (Å²) in [5.41, 5.74) is 1.01. The monoisotopic (exact) mass is 261 g/mol. The van der Waals surface area contributed by atoms with Crippen LogP contribution in [0.15, 0.2) is 16.8 Å². The van der Waals surface area contributed by atoms with E-state index in [1.165, 1.54) is 0 Å². The summed E-state index contributed by atoms with van der Waals surface area (Å²) >= 11 is 0. The van der Waals surface area contributed by atoms with E-state index in [1.807, 2.05) is 19.9 Å². The Morgan fingerprint density at radius 2 is 1.89 bits per heavy atom. The van der Waals surface area contributed by atoms with Crippen LogP contribution in [-0.4, -0.2) is 21.7 Å². The molecule has 2 N–H and O–H groups in total. The fraction of sp³-hybridized carbons (Fsp3) is 0.462. The van der Waals surface area contributed by atoms with Crippen LogP contribution in [-0.2, 0) is 6.54 Å². The molecule has 0 saturated carbocycles. The minimum atomic E-state index is 0.560. The first-order chi connectivity index (χ1) is 9.20. The average Bonchev–Trinajstić information content (AvgIpc) is 2.91. The molecule has 102 valence electrons. The molecule has 0 aliphatic heterocycles. The molecule has 2 rings (SSSR count). The van der Waals surface area contributed by atoms with Gasteiger partial charge >= 0.3 is 0 Å². The van der Waals surface area contributed by atoms with Gasteiger partial charge in [-0.15, -0.1) is 0 Å². The summed E-state index contributed by atoms with van der Waals surface area (Å²) in [5.74, 6) is 3.22. The zero-order chi connectivity index (χ0) is 13.7. The lowest BCUT2D eigenvalue weighted by Gasteiger charge is -2.13. The number of hydrogen-bond acceptors (Lipinski definition) is 6. The molecule has 0 bridgehead atoms. The Morgan fingerprint density at radius 1 is 1.16 bits per heavy atom. The Morgan fingerprint density at radius 3 is 2.53 bits per heavy atom. The van der Waals surface area contributed by atoms with Crippen molar-refractivity contribution in [1.82, 2.24) is 15.1 Å². The van der Waals surface area contributed by atoms with E-state index < -0.39 is 0 Å². The van der Waals surface area contributed by atoms with Crippen molar-refractivity contribution in [1.29, 1.82) is 0 Å². The van der Waals surface area contributed by atoms with Gasteiger partial charge in [0.15, 0.2) is 5.76 Å². The van der Waals surface area contributed by atoms with Crippen molar-refractivity contribution in [2.75, 3.05) is 17.2 Å². The fourth-order valence-corrected chi connectivity index (χ4v) is 1.72. The lowest BCUT2D eigenvalue weighted by molar-refractivity contribution is 0.388. The number of nitrogens with zero attached hydrogens (tertiary/aromatic N) is 3. The fourth-order valence-electron chi connectivity index (χ4n) is 1.72. The Labute approximate surface area is 112 Å². The summed E-state index contributed by atoms with van der Waals surface area (Å²) in [6, 6.07) is 1.83. The van der Waals surface area contributed by atoms with Gasteiger partial charge in [-0.05, 0) is 20.3 Å². The molecule has 2 aromatic heterocycles. The number of nitrogens with one attached hydrogen (secondary N) is 2. The zero-order valence-corrected chi connectivity index (χ0v) is 11.5. The van der Waals surface area contributed by atoms with E-state index in [0.29, 0.717) is 6.54 Å². The topological polar surface area (TPSA) is 75.9 Å². The van der Waals surface area contributed by atoms with Crippen LogP contribution in [0.2, 0.25) is 0 Å². The molecule has 0 atom stereocenters. The van der Waals surface area contributed by atoms with Crippen LogP contribution in [0.25, 0.3) is 0 Å². The van der Waals surface area contributed by atoms with Crippen LogP contribution < -0.4 is 10.6 Å². The SMILES string of the molecule is CCCNc1nc(C)nc(NCc2ccno2)c1C. The lowest BCUT2D eigenvalue weighted by Crippen LogP contribution is -2.10. The summed E-state index contributed by atoms with van der Waals surface area (Å²) in [6.45, 7) is 7.47. The van der Waals surface area contributed by atoms with Gasteiger partial charge in [0.25, 0.3) is 0 Å². The van der Waals surface area contributed by atoms with Crippen LogP contribution in [0.4, 0.5) is 11.6 Å².